The lowest BCUT2D eigenvalue weighted by Gasteiger charge is -2.17. The average Bonchev–Trinajstić information content (AvgIpc) is 2.99. The minimum Gasteiger partial charge on any atom is -0.481 e. The van der Waals surface area contributed by atoms with Gasteiger partial charge in [0.25, 0.3) is 0 Å². The number of hydrogen-bond acceptors (Lipinski definition) is 1. The topological polar surface area (TPSA) is 42.2 Å². The summed E-state index contributed by atoms with van der Waals surface area (Å²) in [6.45, 7) is 4.13. The highest BCUT2D eigenvalue weighted by atomic mass is 35.5. The van der Waals surface area contributed by atoms with Crippen LogP contribution in [-0.4, -0.2) is 15.6 Å². The number of aryl methyl sites for hydroxylation is 3. The number of carboxylic acids is 1. The van der Waals surface area contributed by atoms with Gasteiger partial charge in [-0.3, -0.25) is 4.79 Å². The number of carbonyl (C=O) groups is 1. The summed E-state index contributed by atoms with van der Waals surface area (Å²) in [5.41, 5.74) is 6.46. The van der Waals surface area contributed by atoms with Crippen molar-refractivity contribution in [2.24, 2.45) is 0 Å². The van der Waals surface area contributed by atoms with E-state index < -0.39 is 5.97 Å². The van der Waals surface area contributed by atoms with E-state index in [1.165, 1.54) is 5.56 Å². The van der Waals surface area contributed by atoms with Crippen molar-refractivity contribution in [3.05, 3.63) is 76.4 Å². The van der Waals surface area contributed by atoms with Gasteiger partial charge < -0.3 is 9.67 Å². The zero-order chi connectivity index (χ0) is 18.0. The van der Waals surface area contributed by atoms with Gasteiger partial charge in [0, 0.05) is 16.4 Å². The molecule has 3 nitrogen and oxygen atoms in total. The van der Waals surface area contributed by atoms with Crippen molar-refractivity contribution in [1.82, 2.24) is 4.57 Å². The average molecular weight is 354 g/mol. The molecule has 0 unspecified atom stereocenters. The van der Waals surface area contributed by atoms with Crippen LogP contribution in [0.25, 0.3) is 16.9 Å². The molecular weight excluding hydrogens is 334 g/mol. The van der Waals surface area contributed by atoms with Gasteiger partial charge in [0.15, 0.2) is 0 Å². The van der Waals surface area contributed by atoms with Crippen LogP contribution in [0, 0.1) is 13.8 Å². The van der Waals surface area contributed by atoms with Crippen LogP contribution in [0.4, 0.5) is 0 Å². The maximum atomic E-state index is 11.0. The molecule has 0 spiro atoms. The third-order valence-corrected chi connectivity index (χ3v) is 4.55. The molecule has 0 aliphatic carbocycles. The second kappa shape index (κ2) is 7.16. The lowest BCUT2D eigenvalue weighted by molar-refractivity contribution is -0.136. The van der Waals surface area contributed by atoms with Crippen molar-refractivity contribution in [2.75, 3.05) is 0 Å². The van der Waals surface area contributed by atoms with Gasteiger partial charge in [-0.25, -0.2) is 0 Å². The van der Waals surface area contributed by atoms with E-state index in [0.29, 0.717) is 11.4 Å². The van der Waals surface area contributed by atoms with Crippen molar-refractivity contribution in [3.63, 3.8) is 0 Å². The fourth-order valence-electron chi connectivity index (χ4n) is 3.00. The first-order chi connectivity index (χ1) is 12.0. The summed E-state index contributed by atoms with van der Waals surface area (Å²) in [5, 5.41) is 9.76. The lowest BCUT2D eigenvalue weighted by atomic mass is 10.1. The molecule has 0 fully saturated rings. The highest BCUT2D eigenvalue weighted by molar-refractivity contribution is 6.30. The van der Waals surface area contributed by atoms with Crippen molar-refractivity contribution in [2.45, 2.75) is 26.7 Å². The quantitative estimate of drug-likeness (QED) is 0.664. The molecule has 0 saturated carbocycles. The third-order valence-electron chi connectivity index (χ3n) is 4.30. The molecule has 0 amide bonds. The molecule has 0 aliphatic heterocycles. The molecule has 0 atom stereocenters. The van der Waals surface area contributed by atoms with Crippen molar-refractivity contribution >= 4 is 17.6 Å². The molecule has 2 aromatic carbocycles. The molecule has 4 heteroatoms. The number of aromatic nitrogens is 1. The molecule has 0 bridgehead atoms. The Morgan fingerprint density at radius 2 is 1.76 bits per heavy atom. The van der Waals surface area contributed by atoms with Crippen molar-refractivity contribution < 1.29 is 9.90 Å². The monoisotopic (exact) mass is 353 g/mol. The van der Waals surface area contributed by atoms with Gasteiger partial charge in [-0.15, -0.1) is 0 Å². The first kappa shape index (κ1) is 17.3. The maximum Gasteiger partial charge on any atom is 0.303 e. The predicted molar refractivity (Wildman–Crippen MR) is 102 cm³/mol. The van der Waals surface area contributed by atoms with Crippen LogP contribution in [-0.2, 0) is 11.2 Å². The molecule has 128 valence electrons. The Bertz CT molecular complexity index is 910. The maximum absolute atomic E-state index is 11.0. The molecule has 0 radical (unpaired) electrons. The van der Waals surface area contributed by atoms with Crippen molar-refractivity contribution in [3.8, 4) is 16.9 Å². The number of carboxylic acid groups (broad SMARTS) is 1. The number of benzene rings is 2. The van der Waals surface area contributed by atoms with Gasteiger partial charge in [-0.05, 0) is 67.3 Å². The zero-order valence-corrected chi connectivity index (χ0v) is 15.0. The minimum atomic E-state index is -0.790. The van der Waals surface area contributed by atoms with Crippen molar-refractivity contribution in [1.29, 1.82) is 0 Å². The molecule has 1 N–H and O–H groups in total. The van der Waals surface area contributed by atoms with E-state index >= 15 is 0 Å². The van der Waals surface area contributed by atoms with Gasteiger partial charge >= 0.3 is 5.97 Å². The molecule has 3 aromatic rings. The summed E-state index contributed by atoms with van der Waals surface area (Å²) in [5.74, 6) is -0.790. The van der Waals surface area contributed by atoms with Crippen LogP contribution in [0.5, 0.6) is 0 Å². The molecule has 1 aromatic heterocycles. The Labute approximate surface area is 152 Å². The second-order valence-electron chi connectivity index (χ2n) is 6.24. The van der Waals surface area contributed by atoms with Crippen LogP contribution in [0.1, 0.15) is 23.2 Å². The standard InChI is InChI=1S/C21H20ClNO2/c1-14-3-4-15(2)20(13-14)23-18(10-12-21(24)25)9-11-19(23)16-5-7-17(22)8-6-16/h3-9,11,13H,10,12H2,1-2H3,(H,24,25). The largest absolute Gasteiger partial charge is 0.481 e. The van der Waals surface area contributed by atoms with Gasteiger partial charge in [0.05, 0.1) is 12.1 Å². The molecule has 1 heterocycles. The van der Waals surface area contributed by atoms with Gasteiger partial charge in [0.1, 0.15) is 0 Å². The summed E-state index contributed by atoms with van der Waals surface area (Å²) < 4.78 is 2.16. The summed E-state index contributed by atoms with van der Waals surface area (Å²) in [7, 11) is 0. The van der Waals surface area contributed by atoms with Crippen LogP contribution < -0.4 is 0 Å². The van der Waals surface area contributed by atoms with E-state index in [4.69, 9.17) is 16.7 Å². The number of aliphatic carboxylic acids is 1. The minimum absolute atomic E-state index is 0.106. The normalized spacial score (nSPS) is 10.8. The Kier molecular flexibility index (Phi) is 4.95. The fraction of sp³-hybridized carbons (Fsp3) is 0.190. The highest BCUT2D eigenvalue weighted by Crippen LogP contribution is 2.30. The SMILES string of the molecule is Cc1ccc(C)c(-n2c(CCC(=O)O)ccc2-c2ccc(Cl)cc2)c1. The van der Waals surface area contributed by atoms with E-state index in [-0.39, 0.29) is 6.42 Å². The summed E-state index contributed by atoms with van der Waals surface area (Å²) >= 11 is 6.02. The Morgan fingerprint density at radius 1 is 1.04 bits per heavy atom. The van der Waals surface area contributed by atoms with Crippen LogP contribution in [0.2, 0.25) is 5.02 Å². The van der Waals surface area contributed by atoms with Crippen LogP contribution in [0.15, 0.2) is 54.6 Å². The smallest absolute Gasteiger partial charge is 0.303 e. The summed E-state index contributed by atoms with van der Waals surface area (Å²) in [6.07, 6.45) is 0.589. The third kappa shape index (κ3) is 3.77. The summed E-state index contributed by atoms with van der Waals surface area (Å²) in [4.78, 5) is 11.0. The molecular formula is C21H20ClNO2. The van der Waals surface area contributed by atoms with E-state index in [0.717, 1.165) is 28.2 Å². The number of hydrogen-bond donors (Lipinski definition) is 1. The molecule has 25 heavy (non-hydrogen) atoms. The fourth-order valence-corrected chi connectivity index (χ4v) is 3.13. The van der Waals surface area contributed by atoms with E-state index in [9.17, 15) is 4.79 Å². The number of halogens is 1. The number of rotatable bonds is 5. The zero-order valence-electron chi connectivity index (χ0n) is 14.3. The van der Waals surface area contributed by atoms with E-state index in [1.807, 2.05) is 36.4 Å². The molecule has 0 saturated heterocycles. The van der Waals surface area contributed by atoms with E-state index in [1.54, 1.807) is 0 Å². The second-order valence-corrected chi connectivity index (χ2v) is 6.67. The lowest BCUT2D eigenvalue weighted by Crippen LogP contribution is -2.07. The highest BCUT2D eigenvalue weighted by Gasteiger charge is 2.15. The first-order valence-corrected chi connectivity index (χ1v) is 8.59. The first-order valence-electron chi connectivity index (χ1n) is 8.21. The summed E-state index contributed by atoms with van der Waals surface area (Å²) in [6, 6.07) is 18.1. The van der Waals surface area contributed by atoms with Gasteiger partial charge in [-0.1, -0.05) is 35.9 Å². The Hall–Kier alpha value is -2.52. The van der Waals surface area contributed by atoms with Crippen LogP contribution >= 0.6 is 11.6 Å². The molecule has 0 aliphatic rings. The van der Waals surface area contributed by atoms with E-state index in [2.05, 4.69) is 36.6 Å². The predicted octanol–water partition coefficient (Wildman–Crippen LogP) is 5.43. The Morgan fingerprint density at radius 3 is 2.44 bits per heavy atom. The van der Waals surface area contributed by atoms with Gasteiger partial charge in [0.2, 0.25) is 0 Å². The molecule has 3 rings (SSSR count). The Balaban J connectivity index is 2.17. The van der Waals surface area contributed by atoms with Crippen LogP contribution in [0.3, 0.4) is 0 Å². The number of nitrogens with zero attached hydrogens (tertiary/aromatic N) is 1. The van der Waals surface area contributed by atoms with Gasteiger partial charge in [-0.2, -0.15) is 0 Å².